The summed E-state index contributed by atoms with van der Waals surface area (Å²) in [6.07, 6.45) is 5.38. The highest BCUT2D eigenvalue weighted by atomic mass is 16.6. The summed E-state index contributed by atoms with van der Waals surface area (Å²) in [7, 11) is 0. The highest BCUT2D eigenvalue weighted by Gasteiger charge is 2.15. The van der Waals surface area contributed by atoms with E-state index in [0.717, 1.165) is 24.3 Å². The van der Waals surface area contributed by atoms with E-state index in [4.69, 9.17) is 0 Å². The number of hydrogen-bond acceptors (Lipinski definition) is 4. The number of nitro benzene ring substituents is 1. The molecule has 1 aliphatic heterocycles. The van der Waals surface area contributed by atoms with E-state index in [1.165, 1.54) is 31.4 Å². The topological polar surface area (TPSA) is 75.5 Å². The van der Waals surface area contributed by atoms with E-state index in [1.807, 2.05) is 54.6 Å². The lowest BCUT2D eigenvalue weighted by Gasteiger charge is -2.28. The van der Waals surface area contributed by atoms with Gasteiger partial charge < -0.3 is 10.2 Å². The number of carbonyl (C=O) groups is 1. The first-order chi connectivity index (χ1) is 15.6. The van der Waals surface area contributed by atoms with Crippen molar-refractivity contribution in [3.05, 3.63) is 100 Å². The van der Waals surface area contributed by atoms with Crippen molar-refractivity contribution in [1.29, 1.82) is 0 Å². The number of nitrogens with one attached hydrogen (secondary N) is 1. The molecule has 3 aromatic carbocycles. The van der Waals surface area contributed by atoms with Gasteiger partial charge in [-0.05, 0) is 60.7 Å². The molecular weight excluding hydrogens is 402 g/mol. The molecule has 0 atom stereocenters. The third kappa shape index (κ3) is 5.21. The summed E-state index contributed by atoms with van der Waals surface area (Å²) in [5, 5.41) is 14.1. The molecule has 4 rings (SSSR count). The molecular formula is C26H25N3O3. The number of nitrogens with zero attached hydrogens (tertiary/aromatic N) is 2. The Balaban J connectivity index is 1.58. The van der Waals surface area contributed by atoms with Gasteiger partial charge in [-0.3, -0.25) is 14.9 Å². The summed E-state index contributed by atoms with van der Waals surface area (Å²) in [6.45, 7) is 2.13. The Hall–Kier alpha value is -3.93. The fraction of sp³-hybridized carbons (Fsp3) is 0.192. The molecule has 1 saturated heterocycles. The maximum Gasteiger partial charge on any atom is 0.270 e. The maximum absolute atomic E-state index is 13.2. The zero-order chi connectivity index (χ0) is 22.3. The quantitative estimate of drug-likeness (QED) is 0.235. The Bertz CT molecular complexity index is 1120. The van der Waals surface area contributed by atoms with Gasteiger partial charge in [-0.1, -0.05) is 42.5 Å². The number of rotatable bonds is 6. The first-order valence-electron chi connectivity index (χ1n) is 10.8. The molecule has 1 N–H and O–H groups in total. The minimum atomic E-state index is -0.441. The first-order valence-corrected chi connectivity index (χ1v) is 10.8. The van der Waals surface area contributed by atoms with Crippen LogP contribution in [0.5, 0.6) is 0 Å². The molecule has 32 heavy (non-hydrogen) atoms. The monoisotopic (exact) mass is 427 g/mol. The van der Waals surface area contributed by atoms with Gasteiger partial charge in [0.25, 0.3) is 11.6 Å². The second-order valence-corrected chi connectivity index (χ2v) is 7.82. The van der Waals surface area contributed by atoms with E-state index in [1.54, 1.807) is 18.2 Å². The number of nitro groups is 1. The molecule has 1 heterocycles. The summed E-state index contributed by atoms with van der Waals surface area (Å²) in [4.78, 5) is 26.3. The van der Waals surface area contributed by atoms with Crippen molar-refractivity contribution >= 4 is 34.6 Å². The van der Waals surface area contributed by atoms with Gasteiger partial charge in [0.1, 0.15) is 0 Å². The van der Waals surface area contributed by atoms with Crippen LogP contribution in [-0.2, 0) is 4.79 Å². The highest BCUT2D eigenvalue weighted by molar-refractivity contribution is 6.29. The number of non-ortho nitro benzene ring substituents is 1. The molecule has 0 bridgehead atoms. The number of piperidine rings is 1. The van der Waals surface area contributed by atoms with Gasteiger partial charge in [0.2, 0.25) is 0 Å². The lowest BCUT2D eigenvalue weighted by Crippen LogP contribution is -2.29. The standard InChI is InChI=1S/C26H25N3O3/c30-26(27-22-12-14-23(15-13-22)28-16-5-2-6-17-28)25(21-9-3-1-4-10-21)19-20-8-7-11-24(18-20)29(31)32/h1,3-4,7-15,18-19H,2,5-6,16-17H2,(H,27,30)/b25-19+. The minimum Gasteiger partial charge on any atom is -0.372 e. The summed E-state index contributed by atoms with van der Waals surface area (Å²) >= 11 is 0. The average Bonchev–Trinajstić information content (AvgIpc) is 2.84. The number of anilines is 2. The Morgan fingerprint density at radius 1 is 0.906 bits per heavy atom. The first kappa shape index (κ1) is 21.3. The second-order valence-electron chi connectivity index (χ2n) is 7.82. The predicted octanol–water partition coefficient (Wildman–Crippen LogP) is 5.76. The molecule has 1 amide bonds. The van der Waals surface area contributed by atoms with E-state index in [9.17, 15) is 14.9 Å². The van der Waals surface area contributed by atoms with Gasteiger partial charge >= 0.3 is 0 Å². The fourth-order valence-corrected chi connectivity index (χ4v) is 3.90. The maximum atomic E-state index is 13.2. The third-order valence-corrected chi connectivity index (χ3v) is 5.57. The second kappa shape index (κ2) is 9.92. The fourth-order valence-electron chi connectivity index (χ4n) is 3.90. The Kier molecular flexibility index (Phi) is 6.60. The SMILES string of the molecule is O=C(Nc1ccc(N2CCCCC2)cc1)/C(=C/c1cccc([N+](=O)[O-])c1)c1ccccc1. The van der Waals surface area contributed by atoms with Crippen LogP contribution in [0.25, 0.3) is 11.6 Å². The zero-order valence-corrected chi connectivity index (χ0v) is 17.7. The van der Waals surface area contributed by atoms with E-state index in [2.05, 4.69) is 10.2 Å². The van der Waals surface area contributed by atoms with Crippen molar-refractivity contribution in [1.82, 2.24) is 0 Å². The van der Waals surface area contributed by atoms with Crippen LogP contribution in [0.1, 0.15) is 30.4 Å². The summed E-state index contributed by atoms with van der Waals surface area (Å²) in [6, 6.07) is 23.5. The Morgan fingerprint density at radius 3 is 2.31 bits per heavy atom. The van der Waals surface area contributed by atoms with Crippen LogP contribution in [0.2, 0.25) is 0 Å². The number of benzene rings is 3. The van der Waals surface area contributed by atoms with E-state index in [0.29, 0.717) is 16.8 Å². The predicted molar refractivity (Wildman–Crippen MR) is 129 cm³/mol. The lowest BCUT2D eigenvalue weighted by molar-refractivity contribution is -0.384. The normalized spacial score (nSPS) is 14.1. The van der Waals surface area contributed by atoms with Gasteiger partial charge in [0, 0.05) is 42.2 Å². The number of carbonyl (C=O) groups excluding carboxylic acids is 1. The smallest absolute Gasteiger partial charge is 0.270 e. The molecule has 3 aromatic rings. The van der Waals surface area contributed by atoms with Crippen LogP contribution in [-0.4, -0.2) is 23.9 Å². The van der Waals surface area contributed by atoms with E-state index in [-0.39, 0.29) is 11.6 Å². The molecule has 0 saturated carbocycles. The van der Waals surface area contributed by atoms with Crippen LogP contribution < -0.4 is 10.2 Å². The molecule has 1 fully saturated rings. The highest BCUT2D eigenvalue weighted by Crippen LogP contribution is 2.25. The van der Waals surface area contributed by atoms with Gasteiger partial charge in [-0.2, -0.15) is 0 Å². The molecule has 0 radical (unpaired) electrons. The van der Waals surface area contributed by atoms with Gasteiger partial charge in [-0.25, -0.2) is 0 Å². The molecule has 0 unspecified atom stereocenters. The van der Waals surface area contributed by atoms with Crippen molar-refractivity contribution in [2.75, 3.05) is 23.3 Å². The van der Waals surface area contributed by atoms with E-state index >= 15 is 0 Å². The Labute approximate surface area is 187 Å². The molecule has 1 aliphatic rings. The summed E-state index contributed by atoms with van der Waals surface area (Å²) in [5.74, 6) is -0.270. The zero-order valence-electron chi connectivity index (χ0n) is 17.7. The molecule has 0 spiro atoms. The van der Waals surface area contributed by atoms with Crippen molar-refractivity contribution < 1.29 is 9.72 Å². The van der Waals surface area contributed by atoms with Crippen molar-refractivity contribution in [2.24, 2.45) is 0 Å². The molecule has 0 aromatic heterocycles. The third-order valence-electron chi connectivity index (χ3n) is 5.57. The van der Waals surface area contributed by atoms with Crippen LogP contribution in [0.3, 0.4) is 0 Å². The van der Waals surface area contributed by atoms with Crippen LogP contribution in [0, 0.1) is 10.1 Å². The molecule has 6 nitrogen and oxygen atoms in total. The van der Waals surface area contributed by atoms with Crippen LogP contribution in [0.4, 0.5) is 17.1 Å². The molecule has 0 aliphatic carbocycles. The van der Waals surface area contributed by atoms with Crippen molar-refractivity contribution in [3.63, 3.8) is 0 Å². The van der Waals surface area contributed by atoms with Crippen LogP contribution >= 0.6 is 0 Å². The van der Waals surface area contributed by atoms with E-state index < -0.39 is 4.92 Å². The van der Waals surface area contributed by atoms with Crippen molar-refractivity contribution in [2.45, 2.75) is 19.3 Å². The van der Waals surface area contributed by atoms with Crippen LogP contribution in [0.15, 0.2) is 78.9 Å². The van der Waals surface area contributed by atoms with Crippen molar-refractivity contribution in [3.8, 4) is 0 Å². The molecule has 6 heteroatoms. The average molecular weight is 428 g/mol. The summed E-state index contributed by atoms with van der Waals surface area (Å²) < 4.78 is 0. The number of amides is 1. The van der Waals surface area contributed by atoms with Gasteiger partial charge in [0.05, 0.1) is 4.92 Å². The molecule has 162 valence electrons. The lowest BCUT2D eigenvalue weighted by atomic mass is 10.0. The van der Waals surface area contributed by atoms with Gasteiger partial charge in [-0.15, -0.1) is 0 Å². The number of hydrogen-bond donors (Lipinski definition) is 1. The van der Waals surface area contributed by atoms with Gasteiger partial charge in [0.15, 0.2) is 0 Å². The minimum absolute atomic E-state index is 0.0140. The Morgan fingerprint density at radius 2 is 1.62 bits per heavy atom. The summed E-state index contributed by atoms with van der Waals surface area (Å²) in [5.41, 5.74) is 3.62. The largest absolute Gasteiger partial charge is 0.372 e.